The van der Waals surface area contributed by atoms with Crippen LogP contribution in [0.4, 0.5) is 4.79 Å². The smallest absolute Gasteiger partial charge is 0.312 e. The number of nitrogens with two attached hydrogens (primary N) is 1. The van der Waals surface area contributed by atoms with Gasteiger partial charge in [-0.05, 0) is 18.2 Å². The highest BCUT2D eigenvalue weighted by Crippen LogP contribution is 2.40. The zero-order valence-electron chi connectivity index (χ0n) is 9.46. The van der Waals surface area contributed by atoms with Gasteiger partial charge in [-0.3, -0.25) is 0 Å². The Morgan fingerprint density at radius 3 is 2.83 bits per heavy atom. The second-order valence-electron chi connectivity index (χ2n) is 3.98. The Morgan fingerprint density at radius 1 is 1.22 bits per heavy atom. The fourth-order valence-corrected chi connectivity index (χ4v) is 2.09. The molecule has 1 aromatic heterocycles. The number of fused-ring (bicyclic) bond motifs is 2. The fourth-order valence-electron chi connectivity index (χ4n) is 2.09. The minimum Gasteiger partial charge on any atom is -0.438 e. The van der Waals surface area contributed by atoms with E-state index >= 15 is 0 Å². The molecule has 3 N–H and O–H groups in total. The Labute approximate surface area is 104 Å². The van der Waals surface area contributed by atoms with Crippen molar-refractivity contribution in [3.05, 3.63) is 53.7 Å². The highest BCUT2D eigenvalue weighted by molar-refractivity contribution is 5.73. The van der Waals surface area contributed by atoms with Crippen LogP contribution in [0.2, 0.25) is 0 Å². The van der Waals surface area contributed by atoms with Crippen LogP contribution < -0.4 is 15.8 Å². The van der Waals surface area contributed by atoms with Crippen molar-refractivity contribution in [3.63, 3.8) is 0 Å². The number of aromatic nitrogens is 1. The second kappa shape index (κ2) is 4.03. The van der Waals surface area contributed by atoms with Crippen LogP contribution in [0.3, 0.4) is 0 Å². The molecule has 1 aliphatic rings. The van der Waals surface area contributed by atoms with Crippen molar-refractivity contribution < 1.29 is 9.53 Å². The largest absolute Gasteiger partial charge is 0.438 e. The van der Waals surface area contributed by atoms with Crippen LogP contribution in [0, 0.1) is 0 Å². The van der Waals surface area contributed by atoms with Crippen LogP contribution in [0.25, 0.3) is 0 Å². The maximum Gasteiger partial charge on any atom is 0.312 e. The highest BCUT2D eigenvalue weighted by atomic mass is 16.5. The van der Waals surface area contributed by atoms with E-state index in [2.05, 4.69) is 10.3 Å². The molecule has 0 spiro atoms. The fraction of sp³-hybridized carbons (Fsp3) is 0.0769. The number of hydrogen-bond donors (Lipinski definition) is 2. The summed E-state index contributed by atoms with van der Waals surface area (Å²) in [6.45, 7) is 0. The molecule has 90 valence electrons. The predicted molar refractivity (Wildman–Crippen MR) is 65.3 cm³/mol. The Balaban J connectivity index is 2.14. The molecule has 0 radical (unpaired) electrons. The van der Waals surface area contributed by atoms with Crippen molar-refractivity contribution in [3.8, 4) is 11.6 Å². The molecule has 0 saturated heterocycles. The molecule has 2 aromatic rings. The van der Waals surface area contributed by atoms with E-state index in [1.54, 1.807) is 12.3 Å². The second-order valence-corrected chi connectivity index (χ2v) is 3.98. The number of para-hydroxylation sites is 1. The van der Waals surface area contributed by atoms with Gasteiger partial charge in [-0.2, -0.15) is 0 Å². The average molecular weight is 241 g/mol. The zero-order chi connectivity index (χ0) is 12.5. The van der Waals surface area contributed by atoms with Crippen LogP contribution in [-0.2, 0) is 0 Å². The number of carbonyl (C=O) groups excluding carboxylic acids is 1. The van der Waals surface area contributed by atoms with Gasteiger partial charge in [0.25, 0.3) is 0 Å². The van der Waals surface area contributed by atoms with E-state index in [4.69, 9.17) is 10.5 Å². The van der Waals surface area contributed by atoms with Gasteiger partial charge in [0.15, 0.2) is 0 Å². The summed E-state index contributed by atoms with van der Waals surface area (Å²) < 4.78 is 5.69. The third-order valence-electron chi connectivity index (χ3n) is 2.83. The predicted octanol–water partition coefficient (Wildman–Crippen LogP) is 1.94. The summed E-state index contributed by atoms with van der Waals surface area (Å²) in [6, 6.07) is 10.2. The highest BCUT2D eigenvalue weighted by Gasteiger charge is 2.28. The van der Waals surface area contributed by atoms with E-state index in [-0.39, 0.29) is 6.04 Å². The molecule has 1 unspecified atom stereocenters. The lowest BCUT2D eigenvalue weighted by molar-refractivity contribution is 0.246. The molecule has 1 aliphatic heterocycles. The van der Waals surface area contributed by atoms with Crippen LogP contribution in [0.15, 0.2) is 42.6 Å². The van der Waals surface area contributed by atoms with Crippen molar-refractivity contribution in [2.24, 2.45) is 5.73 Å². The van der Waals surface area contributed by atoms with Crippen molar-refractivity contribution in [2.75, 3.05) is 0 Å². The lowest BCUT2D eigenvalue weighted by Crippen LogP contribution is -2.35. The molecule has 5 heteroatoms. The lowest BCUT2D eigenvalue weighted by Gasteiger charge is -2.27. The summed E-state index contributed by atoms with van der Waals surface area (Å²) >= 11 is 0. The minimum atomic E-state index is -0.577. The Hall–Kier alpha value is -2.56. The number of primary amides is 1. The molecular weight excluding hydrogens is 230 g/mol. The molecule has 2 amide bonds. The first-order chi connectivity index (χ1) is 8.75. The number of benzene rings is 1. The van der Waals surface area contributed by atoms with Crippen molar-refractivity contribution in [1.29, 1.82) is 0 Å². The third kappa shape index (κ3) is 1.66. The maximum atomic E-state index is 11.1. The molecule has 2 heterocycles. The number of amides is 2. The molecule has 1 atom stereocenters. The van der Waals surface area contributed by atoms with Gasteiger partial charge in [0.05, 0.1) is 6.04 Å². The molecule has 5 nitrogen and oxygen atoms in total. The number of nitrogens with zero attached hydrogens (tertiary/aromatic N) is 1. The van der Waals surface area contributed by atoms with Gasteiger partial charge in [0.1, 0.15) is 5.75 Å². The van der Waals surface area contributed by atoms with Gasteiger partial charge < -0.3 is 15.8 Å². The summed E-state index contributed by atoms with van der Waals surface area (Å²) in [7, 11) is 0. The Morgan fingerprint density at radius 2 is 2.00 bits per heavy atom. The third-order valence-corrected chi connectivity index (χ3v) is 2.83. The number of hydrogen-bond acceptors (Lipinski definition) is 3. The average Bonchev–Trinajstić information content (AvgIpc) is 2.38. The summed E-state index contributed by atoms with van der Waals surface area (Å²) in [5.74, 6) is 1.18. The van der Waals surface area contributed by atoms with E-state index in [1.807, 2.05) is 30.3 Å². The zero-order valence-corrected chi connectivity index (χ0v) is 9.46. The van der Waals surface area contributed by atoms with Gasteiger partial charge in [-0.1, -0.05) is 18.2 Å². The topological polar surface area (TPSA) is 77.2 Å². The van der Waals surface area contributed by atoms with Gasteiger partial charge in [0, 0.05) is 17.3 Å². The van der Waals surface area contributed by atoms with Gasteiger partial charge in [0.2, 0.25) is 5.88 Å². The van der Waals surface area contributed by atoms with E-state index in [1.165, 1.54) is 0 Å². The van der Waals surface area contributed by atoms with Gasteiger partial charge in [-0.15, -0.1) is 0 Å². The quantitative estimate of drug-likeness (QED) is 0.801. The summed E-state index contributed by atoms with van der Waals surface area (Å²) in [5, 5.41) is 2.71. The molecule has 3 rings (SSSR count). The van der Waals surface area contributed by atoms with E-state index in [9.17, 15) is 4.79 Å². The summed E-state index contributed by atoms with van der Waals surface area (Å²) in [5.41, 5.74) is 6.90. The molecule has 18 heavy (non-hydrogen) atoms. The SMILES string of the molecule is NC(=O)NC1c2ccccc2Oc2ncccc21. The van der Waals surface area contributed by atoms with Gasteiger partial charge >= 0.3 is 6.03 Å². The molecule has 1 aromatic carbocycles. The first-order valence-corrected chi connectivity index (χ1v) is 5.53. The number of nitrogens with one attached hydrogen (secondary N) is 1. The standard InChI is InChI=1S/C13H11N3O2/c14-13(17)16-11-8-4-1-2-6-10(8)18-12-9(11)5-3-7-15-12/h1-7,11H,(H3,14,16,17). The molecular formula is C13H11N3O2. The van der Waals surface area contributed by atoms with E-state index in [0.717, 1.165) is 11.1 Å². The van der Waals surface area contributed by atoms with Crippen molar-refractivity contribution in [2.45, 2.75) is 6.04 Å². The van der Waals surface area contributed by atoms with Crippen LogP contribution in [0.5, 0.6) is 11.6 Å². The minimum absolute atomic E-state index is 0.323. The van der Waals surface area contributed by atoms with Gasteiger partial charge in [-0.25, -0.2) is 9.78 Å². The first kappa shape index (κ1) is 10.6. The summed E-state index contributed by atoms with van der Waals surface area (Å²) in [6.07, 6.45) is 1.65. The van der Waals surface area contributed by atoms with E-state index in [0.29, 0.717) is 11.6 Å². The maximum absolute atomic E-state index is 11.1. The number of ether oxygens (including phenoxy) is 1. The Bertz CT molecular complexity index is 567. The van der Waals surface area contributed by atoms with E-state index < -0.39 is 6.03 Å². The van der Waals surface area contributed by atoms with Crippen LogP contribution >= 0.6 is 0 Å². The number of carbonyl (C=O) groups is 1. The van der Waals surface area contributed by atoms with Crippen LogP contribution in [-0.4, -0.2) is 11.0 Å². The molecule has 0 fully saturated rings. The lowest BCUT2D eigenvalue weighted by atomic mass is 9.97. The summed E-state index contributed by atoms with van der Waals surface area (Å²) in [4.78, 5) is 15.3. The number of rotatable bonds is 1. The van der Waals surface area contributed by atoms with Crippen LogP contribution in [0.1, 0.15) is 17.2 Å². The Kier molecular flexibility index (Phi) is 2.37. The number of urea groups is 1. The first-order valence-electron chi connectivity index (χ1n) is 5.53. The number of pyridine rings is 1. The molecule has 0 bridgehead atoms. The molecule has 0 aliphatic carbocycles. The normalized spacial score (nSPS) is 16.1. The molecule has 0 saturated carbocycles. The van der Waals surface area contributed by atoms with Crippen molar-refractivity contribution >= 4 is 6.03 Å². The monoisotopic (exact) mass is 241 g/mol. The van der Waals surface area contributed by atoms with Crippen molar-refractivity contribution in [1.82, 2.24) is 10.3 Å².